The lowest BCUT2D eigenvalue weighted by Crippen LogP contribution is -2.02. The molecule has 0 fully saturated rings. The monoisotopic (exact) mass is 324 g/mol. The normalized spacial score (nSPS) is 16.7. The molecule has 0 aromatic heterocycles. The second-order valence-electron chi connectivity index (χ2n) is 7.17. The van der Waals surface area contributed by atoms with Gasteiger partial charge in [-0.2, -0.15) is 0 Å². The highest BCUT2D eigenvalue weighted by Crippen LogP contribution is 2.39. The average Bonchev–Trinajstić information content (AvgIpc) is 2.83. The number of allylic oxidation sites excluding steroid dienone is 1. The first-order chi connectivity index (χ1) is 12.2. The molecule has 0 saturated heterocycles. The summed E-state index contributed by atoms with van der Waals surface area (Å²) >= 11 is 0. The third kappa shape index (κ3) is 3.30. The van der Waals surface area contributed by atoms with E-state index in [1.54, 1.807) is 0 Å². The summed E-state index contributed by atoms with van der Waals surface area (Å²) in [6.07, 6.45) is 4.66. The Balaban J connectivity index is 1.76. The summed E-state index contributed by atoms with van der Waals surface area (Å²) in [6, 6.07) is 26.9. The molecule has 1 unspecified atom stereocenters. The number of fused-ring (bicyclic) bond motifs is 1. The van der Waals surface area contributed by atoms with Crippen molar-refractivity contribution in [1.29, 1.82) is 0 Å². The SMILES string of the molecule is Cc1ccc(C2=Cc3ccccc3C(c3ccc(C)cc3)CC2)cc1. The van der Waals surface area contributed by atoms with Crippen LogP contribution in [-0.2, 0) is 0 Å². The quantitative estimate of drug-likeness (QED) is 0.488. The van der Waals surface area contributed by atoms with Crippen LogP contribution in [0.15, 0.2) is 72.8 Å². The van der Waals surface area contributed by atoms with E-state index < -0.39 is 0 Å². The molecule has 1 aliphatic carbocycles. The van der Waals surface area contributed by atoms with Crippen LogP contribution in [0.1, 0.15) is 52.1 Å². The van der Waals surface area contributed by atoms with Crippen molar-refractivity contribution in [1.82, 2.24) is 0 Å². The summed E-state index contributed by atoms with van der Waals surface area (Å²) in [7, 11) is 0. The molecule has 0 radical (unpaired) electrons. The van der Waals surface area contributed by atoms with Crippen molar-refractivity contribution in [2.75, 3.05) is 0 Å². The molecule has 4 rings (SSSR count). The van der Waals surface area contributed by atoms with E-state index in [1.165, 1.54) is 39.0 Å². The summed E-state index contributed by atoms with van der Waals surface area (Å²) < 4.78 is 0. The van der Waals surface area contributed by atoms with Gasteiger partial charge in [0.25, 0.3) is 0 Å². The lowest BCUT2D eigenvalue weighted by molar-refractivity contribution is 0.739. The van der Waals surface area contributed by atoms with Crippen molar-refractivity contribution in [2.45, 2.75) is 32.6 Å². The fourth-order valence-corrected chi connectivity index (χ4v) is 3.82. The van der Waals surface area contributed by atoms with Gasteiger partial charge in [0, 0.05) is 5.92 Å². The fraction of sp³-hybridized carbons (Fsp3) is 0.200. The molecule has 1 atom stereocenters. The molecule has 1 aliphatic rings. The Morgan fingerprint density at radius 1 is 0.720 bits per heavy atom. The number of aryl methyl sites for hydroxylation is 2. The van der Waals surface area contributed by atoms with E-state index in [0.29, 0.717) is 5.92 Å². The van der Waals surface area contributed by atoms with E-state index in [1.807, 2.05) is 0 Å². The van der Waals surface area contributed by atoms with Crippen LogP contribution >= 0.6 is 0 Å². The molecule has 0 saturated carbocycles. The summed E-state index contributed by atoms with van der Waals surface area (Å²) in [5.41, 5.74) is 9.68. The van der Waals surface area contributed by atoms with Crippen LogP contribution in [0, 0.1) is 13.8 Å². The lowest BCUT2D eigenvalue weighted by Gasteiger charge is -2.18. The summed E-state index contributed by atoms with van der Waals surface area (Å²) in [6.45, 7) is 4.30. The maximum atomic E-state index is 2.40. The lowest BCUT2D eigenvalue weighted by atomic mass is 9.86. The molecule has 25 heavy (non-hydrogen) atoms. The van der Waals surface area contributed by atoms with Gasteiger partial charge in [0.1, 0.15) is 0 Å². The Morgan fingerprint density at radius 3 is 2.08 bits per heavy atom. The Morgan fingerprint density at radius 2 is 1.36 bits per heavy atom. The third-order valence-electron chi connectivity index (χ3n) is 5.31. The molecule has 0 amide bonds. The van der Waals surface area contributed by atoms with Crippen LogP contribution in [0.5, 0.6) is 0 Å². The largest absolute Gasteiger partial charge is 0.0619 e. The highest BCUT2D eigenvalue weighted by atomic mass is 14.2. The zero-order chi connectivity index (χ0) is 17.2. The molecular formula is C25H24. The van der Waals surface area contributed by atoms with E-state index in [2.05, 4.69) is 92.7 Å². The van der Waals surface area contributed by atoms with Gasteiger partial charge < -0.3 is 0 Å². The van der Waals surface area contributed by atoms with Crippen LogP contribution in [0.2, 0.25) is 0 Å². The first-order valence-corrected chi connectivity index (χ1v) is 9.14. The number of benzene rings is 3. The van der Waals surface area contributed by atoms with Gasteiger partial charge in [-0.15, -0.1) is 0 Å². The predicted octanol–water partition coefficient (Wildman–Crippen LogP) is 6.77. The molecule has 0 nitrogen and oxygen atoms in total. The Labute approximate surface area is 150 Å². The highest BCUT2D eigenvalue weighted by molar-refractivity contribution is 5.83. The molecule has 0 bridgehead atoms. The van der Waals surface area contributed by atoms with Crippen LogP contribution in [0.25, 0.3) is 11.6 Å². The standard InChI is InChI=1S/C25H24/c1-18-7-11-20(12-8-18)22-15-16-25(21-13-9-19(2)10-14-21)24-6-4-3-5-23(24)17-22/h3-14,17,25H,15-16H2,1-2H3. The molecule has 0 spiro atoms. The van der Waals surface area contributed by atoms with Crippen molar-refractivity contribution in [2.24, 2.45) is 0 Å². The van der Waals surface area contributed by atoms with Crippen LogP contribution in [0.4, 0.5) is 0 Å². The van der Waals surface area contributed by atoms with Gasteiger partial charge >= 0.3 is 0 Å². The van der Waals surface area contributed by atoms with Gasteiger partial charge in [-0.25, -0.2) is 0 Å². The first kappa shape index (κ1) is 15.9. The predicted molar refractivity (Wildman–Crippen MR) is 108 cm³/mol. The maximum absolute atomic E-state index is 2.40. The van der Waals surface area contributed by atoms with Gasteiger partial charge in [0.05, 0.1) is 0 Å². The Bertz CT molecular complexity index is 896. The molecular weight excluding hydrogens is 300 g/mol. The van der Waals surface area contributed by atoms with Crippen molar-refractivity contribution in [3.8, 4) is 0 Å². The molecule has 3 aromatic carbocycles. The molecule has 3 aromatic rings. The van der Waals surface area contributed by atoms with Crippen molar-refractivity contribution < 1.29 is 0 Å². The Kier molecular flexibility index (Phi) is 4.28. The minimum absolute atomic E-state index is 0.469. The van der Waals surface area contributed by atoms with E-state index in [0.717, 1.165) is 12.8 Å². The zero-order valence-electron chi connectivity index (χ0n) is 15.0. The second-order valence-corrected chi connectivity index (χ2v) is 7.17. The van der Waals surface area contributed by atoms with E-state index in [-0.39, 0.29) is 0 Å². The summed E-state index contributed by atoms with van der Waals surface area (Å²) in [4.78, 5) is 0. The topological polar surface area (TPSA) is 0 Å². The average molecular weight is 324 g/mol. The fourth-order valence-electron chi connectivity index (χ4n) is 3.82. The minimum atomic E-state index is 0.469. The van der Waals surface area contributed by atoms with E-state index >= 15 is 0 Å². The smallest absolute Gasteiger partial charge is 0.00984 e. The maximum Gasteiger partial charge on any atom is 0.00984 e. The highest BCUT2D eigenvalue weighted by Gasteiger charge is 2.20. The minimum Gasteiger partial charge on any atom is -0.0619 e. The first-order valence-electron chi connectivity index (χ1n) is 9.14. The third-order valence-corrected chi connectivity index (χ3v) is 5.31. The van der Waals surface area contributed by atoms with Crippen LogP contribution in [-0.4, -0.2) is 0 Å². The molecule has 124 valence electrons. The van der Waals surface area contributed by atoms with Crippen molar-refractivity contribution >= 4 is 11.6 Å². The van der Waals surface area contributed by atoms with Gasteiger partial charge in [0.15, 0.2) is 0 Å². The van der Waals surface area contributed by atoms with Crippen molar-refractivity contribution in [3.05, 3.63) is 106 Å². The van der Waals surface area contributed by atoms with Crippen molar-refractivity contribution in [3.63, 3.8) is 0 Å². The van der Waals surface area contributed by atoms with Crippen LogP contribution in [0.3, 0.4) is 0 Å². The molecule has 0 heteroatoms. The van der Waals surface area contributed by atoms with Crippen LogP contribution < -0.4 is 0 Å². The van der Waals surface area contributed by atoms with E-state index in [4.69, 9.17) is 0 Å². The van der Waals surface area contributed by atoms with E-state index in [9.17, 15) is 0 Å². The number of hydrogen-bond acceptors (Lipinski definition) is 0. The molecule has 0 heterocycles. The van der Waals surface area contributed by atoms with Gasteiger partial charge in [0.2, 0.25) is 0 Å². The second kappa shape index (κ2) is 6.72. The van der Waals surface area contributed by atoms with Gasteiger partial charge in [-0.3, -0.25) is 0 Å². The number of rotatable bonds is 2. The number of hydrogen-bond donors (Lipinski definition) is 0. The van der Waals surface area contributed by atoms with Gasteiger partial charge in [-0.05, 0) is 54.5 Å². The summed E-state index contributed by atoms with van der Waals surface area (Å²) in [5.74, 6) is 0.469. The van der Waals surface area contributed by atoms with Gasteiger partial charge in [-0.1, -0.05) is 90.0 Å². The Hall–Kier alpha value is -2.60. The molecule has 0 N–H and O–H groups in total. The molecule has 0 aliphatic heterocycles. The summed E-state index contributed by atoms with van der Waals surface area (Å²) in [5, 5.41) is 0. The zero-order valence-corrected chi connectivity index (χ0v) is 15.0.